The molecule has 1 aromatic carbocycles. The van der Waals surface area contributed by atoms with Gasteiger partial charge in [-0.05, 0) is 31.4 Å². The summed E-state index contributed by atoms with van der Waals surface area (Å²) in [5, 5.41) is 8.86. The number of benzene rings is 1. The first-order chi connectivity index (χ1) is 13.1. The molecule has 8 heteroatoms. The van der Waals surface area contributed by atoms with Crippen LogP contribution < -0.4 is 0 Å². The zero-order valence-electron chi connectivity index (χ0n) is 15.0. The Morgan fingerprint density at radius 2 is 2.22 bits per heavy atom. The molecular weight excluding hydrogens is 366 g/mol. The van der Waals surface area contributed by atoms with E-state index in [9.17, 15) is 4.79 Å². The lowest BCUT2D eigenvalue weighted by Gasteiger charge is -2.30. The molecule has 140 valence electrons. The van der Waals surface area contributed by atoms with Gasteiger partial charge in [0.25, 0.3) is 5.91 Å². The van der Waals surface area contributed by atoms with Crippen molar-refractivity contribution in [1.29, 1.82) is 0 Å². The van der Waals surface area contributed by atoms with Gasteiger partial charge in [0, 0.05) is 24.3 Å². The van der Waals surface area contributed by atoms with Crippen molar-refractivity contribution < 1.29 is 9.32 Å². The first kappa shape index (κ1) is 17.7. The van der Waals surface area contributed by atoms with E-state index in [0.717, 1.165) is 24.9 Å². The number of halogens is 1. The van der Waals surface area contributed by atoms with Crippen molar-refractivity contribution in [2.75, 3.05) is 13.1 Å². The summed E-state index contributed by atoms with van der Waals surface area (Å²) in [4.78, 5) is 19.0. The molecule has 1 amide bonds. The van der Waals surface area contributed by atoms with Gasteiger partial charge in [0.15, 0.2) is 5.82 Å². The maximum atomic E-state index is 12.9. The molecule has 0 N–H and O–H groups in total. The number of hydrogen-bond acceptors (Lipinski definition) is 5. The predicted octanol–water partition coefficient (Wildman–Crippen LogP) is 3.30. The molecule has 0 bridgehead atoms. The fourth-order valence-electron chi connectivity index (χ4n) is 3.39. The summed E-state index contributed by atoms with van der Waals surface area (Å²) in [6.07, 6.45) is 5.23. The molecule has 1 unspecified atom stereocenters. The third-order valence-corrected chi connectivity index (χ3v) is 5.14. The van der Waals surface area contributed by atoms with Gasteiger partial charge in [0.05, 0.1) is 24.2 Å². The minimum Gasteiger partial charge on any atom is -0.339 e. The van der Waals surface area contributed by atoms with Crippen LogP contribution in [-0.4, -0.2) is 43.8 Å². The van der Waals surface area contributed by atoms with Gasteiger partial charge in [-0.2, -0.15) is 10.1 Å². The highest BCUT2D eigenvalue weighted by molar-refractivity contribution is 6.31. The Hall–Kier alpha value is -2.67. The number of aromatic nitrogens is 4. The summed E-state index contributed by atoms with van der Waals surface area (Å²) in [7, 11) is 0. The van der Waals surface area contributed by atoms with E-state index < -0.39 is 0 Å². The van der Waals surface area contributed by atoms with Crippen LogP contribution in [0.1, 0.15) is 46.4 Å². The first-order valence-corrected chi connectivity index (χ1v) is 9.33. The van der Waals surface area contributed by atoms with Crippen LogP contribution in [0.15, 0.2) is 41.2 Å². The molecular formula is C19H20ClN5O2. The molecule has 1 aliphatic rings. The molecule has 0 saturated carbocycles. The topological polar surface area (TPSA) is 77.0 Å². The largest absolute Gasteiger partial charge is 0.339 e. The lowest BCUT2D eigenvalue weighted by Crippen LogP contribution is -2.39. The highest BCUT2D eigenvalue weighted by Gasteiger charge is 2.29. The van der Waals surface area contributed by atoms with Crippen LogP contribution in [0.5, 0.6) is 0 Å². The van der Waals surface area contributed by atoms with Gasteiger partial charge in [-0.15, -0.1) is 0 Å². The van der Waals surface area contributed by atoms with E-state index in [1.807, 2.05) is 29.2 Å². The van der Waals surface area contributed by atoms with Crippen LogP contribution in [0.2, 0.25) is 5.02 Å². The predicted molar refractivity (Wildman–Crippen MR) is 99.7 cm³/mol. The van der Waals surface area contributed by atoms with E-state index in [4.69, 9.17) is 16.1 Å². The van der Waals surface area contributed by atoms with Crippen molar-refractivity contribution in [1.82, 2.24) is 24.8 Å². The van der Waals surface area contributed by atoms with Crippen molar-refractivity contribution in [2.24, 2.45) is 0 Å². The molecule has 2 aromatic heterocycles. The molecule has 1 aliphatic heterocycles. The maximum absolute atomic E-state index is 12.9. The van der Waals surface area contributed by atoms with Crippen LogP contribution in [0.25, 0.3) is 0 Å². The zero-order valence-corrected chi connectivity index (χ0v) is 15.8. The summed E-state index contributed by atoms with van der Waals surface area (Å²) in [6.45, 7) is 3.62. The summed E-state index contributed by atoms with van der Waals surface area (Å²) >= 11 is 6.21. The van der Waals surface area contributed by atoms with Crippen molar-refractivity contribution in [2.45, 2.75) is 32.2 Å². The number of rotatable bonds is 4. The molecule has 4 rings (SSSR count). The summed E-state index contributed by atoms with van der Waals surface area (Å²) in [5.74, 6) is 1.29. The van der Waals surface area contributed by atoms with Gasteiger partial charge < -0.3 is 9.42 Å². The molecule has 1 saturated heterocycles. The Morgan fingerprint density at radius 1 is 1.37 bits per heavy atom. The number of carbonyl (C=O) groups excluding carboxylic acids is 1. The number of nitrogens with zero attached hydrogens (tertiary/aromatic N) is 5. The van der Waals surface area contributed by atoms with Gasteiger partial charge in [-0.1, -0.05) is 35.0 Å². The van der Waals surface area contributed by atoms with Crippen LogP contribution in [0, 0.1) is 6.92 Å². The maximum Gasteiger partial charge on any atom is 0.257 e. The number of carbonyl (C=O) groups is 1. The van der Waals surface area contributed by atoms with Crippen LogP contribution >= 0.6 is 11.6 Å². The van der Waals surface area contributed by atoms with Crippen molar-refractivity contribution in [3.63, 3.8) is 0 Å². The second-order valence-electron chi connectivity index (χ2n) is 6.79. The second-order valence-corrected chi connectivity index (χ2v) is 7.20. The minimum atomic E-state index is -0.0265. The zero-order chi connectivity index (χ0) is 18.8. The van der Waals surface area contributed by atoms with Gasteiger partial charge in [0.2, 0.25) is 5.89 Å². The third kappa shape index (κ3) is 3.88. The molecule has 0 radical (unpaired) electrons. The summed E-state index contributed by atoms with van der Waals surface area (Å²) in [6, 6.07) is 7.62. The molecule has 1 atom stereocenters. The number of piperidine rings is 1. The Morgan fingerprint density at radius 3 is 3.00 bits per heavy atom. The Balaban J connectivity index is 1.45. The van der Waals surface area contributed by atoms with E-state index in [-0.39, 0.29) is 11.8 Å². The van der Waals surface area contributed by atoms with E-state index in [1.54, 1.807) is 24.0 Å². The highest BCUT2D eigenvalue weighted by atomic mass is 35.5. The highest BCUT2D eigenvalue weighted by Crippen LogP contribution is 2.26. The molecule has 0 spiro atoms. The molecule has 7 nitrogen and oxygen atoms in total. The van der Waals surface area contributed by atoms with Crippen LogP contribution in [-0.2, 0) is 6.54 Å². The molecule has 27 heavy (non-hydrogen) atoms. The average Bonchev–Trinajstić information content (AvgIpc) is 3.32. The summed E-state index contributed by atoms with van der Waals surface area (Å²) in [5.41, 5.74) is 1.54. The molecule has 3 heterocycles. The van der Waals surface area contributed by atoms with Crippen molar-refractivity contribution in [3.05, 3.63) is 64.5 Å². The van der Waals surface area contributed by atoms with E-state index in [2.05, 4.69) is 15.2 Å². The normalized spacial score (nSPS) is 17.3. The number of likely N-dealkylation sites (tertiary alicyclic amines) is 1. The second kappa shape index (κ2) is 7.52. The van der Waals surface area contributed by atoms with Gasteiger partial charge in [-0.25, -0.2) is 0 Å². The quantitative estimate of drug-likeness (QED) is 0.688. The molecule has 1 fully saturated rings. The fraction of sp³-hybridized carbons (Fsp3) is 0.368. The van der Waals surface area contributed by atoms with E-state index in [0.29, 0.717) is 35.4 Å². The van der Waals surface area contributed by atoms with E-state index >= 15 is 0 Å². The van der Waals surface area contributed by atoms with Crippen LogP contribution in [0.4, 0.5) is 0 Å². The average molecular weight is 386 g/mol. The lowest BCUT2D eigenvalue weighted by molar-refractivity contribution is 0.0695. The van der Waals surface area contributed by atoms with Crippen LogP contribution in [0.3, 0.4) is 0 Å². The monoisotopic (exact) mass is 385 g/mol. The van der Waals surface area contributed by atoms with Crippen molar-refractivity contribution in [3.8, 4) is 0 Å². The number of hydrogen-bond donors (Lipinski definition) is 0. The van der Waals surface area contributed by atoms with Gasteiger partial charge in [-0.3, -0.25) is 9.48 Å². The fourth-order valence-corrected chi connectivity index (χ4v) is 3.58. The SMILES string of the molecule is Cc1noc(C2CCCN(C(=O)c3cnn(Cc4ccccc4Cl)c3)C2)n1. The Bertz CT molecular complexity index is 951. The van der Waals surface area contributed by atoms with Gasteiger partial charge >= 0.3 is 0 Å². The standard InChI is InChI=1S/C19H20ClN5O2/c1-13-22-18(27-23-13)15-6-4-8-24(10-15)19(26)16-9-21-25(12-16)11-14-5-2-3-7-17(14)20/h2-3,5,7,9,12,15H,4,6,8,10-11H2,1H3. The van der Waals surface area contributed by atoms with E-state index in [1.165, 1.54) is 0 Å². The first-order valence-electron chi connectivity index (χ1n) is 8.95. The minimum absolute atomic E-state index is 0.0265. The van der Waals surface area contributed by atoms with Gasteiger partial charge in [0.1, 0.15) is 0 Å². The lowest BCUT2D eigenvalue weighted by atomic mass is 9.97. The number of aryl methyl sites for hydroxylation is 1. The Labute approximate surface area is 161 Å². The number of amides is 1. The molecule has 0 aliphatic carbocycles. The summed E-state index contributed by atoms with van der Waals surface area (Å²) < 4.78 is 7.02. The smallest absolute Gasteiger partial charge is 0.257 e. The molecule has 3 aromatic rings. The third-order valence-electron chi connectivity index (χ3n) is 4.77. The Kier molecular flexibility index (Phi) is 4.94. The van der Waals surface area contributed by atoms with Crippen molar-refractivity contribution >= 4 is 17.5 Å².